The summed E-state index contributed by atoms with van der Waals surface area (Å²) < 4.78 is 0. The molecule has 1 nitrogen and oxygen atoms in total. The maximum atomic E-state index is 14.5. The Bertz CT molecular complexity index is 1690. The van der Waals surface area contributed by atoms with Gasteiger partial charge in [-0.15, -0.1) is 11.3 Å². The number of rotatable bonds is 4. The van der Waals surface area contributed by atoms with E-state index in [1.807, 2.05) is 30.3 Å². The third kappa shape index (κ3) is 3.28. The Morgan fingerprint density at radius 3 is 1.36 bits per heavy atom. The lowest BCUT2D eigenvalue weighted by molar-refractivity contribution is 0.103. The van der Waals surface area contributed by atoms with Crippen molar-refractivity contribution < 1.29 is 4.79 Å². The second-order valence-electron chi connectivity index (χ2n) is 10.3. The highest BCUT2D eigenvalue weighted by atomic mass is 32.1. The summed E-state index contributed by atoms with van der Waals surface area (Å²) in [7, 11) is 0. The van der Waals surface area contributed by atoms with Gasteiger partial charge in [-0.1, -0.05) is 127 Å². The van der Waals surface area contributed by atoms with E-state index in [1.165, 1.54) is 44.5 Å². The van der Waals surface area contributed by atoms with E-state index < -0.39 is 0 Å². The van der Waals surface area contributed by atoms with Crippen LogP contribution < -0.4 is 0 Å². The van der Waals surface area contributed by atoms with Crippen LogP contribution in [0.3, 0.4) is 0 Å². The van der Waals surface area contributed by atoms with E-state index in [-0.39, 0.29) is 17.6 Å². The van der Waals surface area contributed by atoms with Gasteiger partial charge in [-0.2, -0.15) is 0 Å². The number of fused-ring (bicyclic) bond motifs is 6. The zero-order chi connectivity index (χ0) is 25.9. The second kappa shape index (κ2) is 8.76. The first kappa shape index (κ1) is 22.5. The molecule has 0 atom stereocenters. The normalized spacial score (nSPS) is 13.5. The lowest BCUT2D eigenvalue weighted by atomic mass is 9.83. The smallest absolute Gasteiger partial charge is 0.194 e. The van der Waals surface area contributed by atoms with Crippen LogP contribution in [0.2, 0.25) is 0 Å². The highest BCUT2D eigenvalue weighted by Gasteiger charge is 2.38. The molecule has 0 bridgehead atoms. The van der Waals surface area contributed by atoms with Gasteiger partial charge in [0.1, 0.15) is 0 Å². The molecule has 1 aromatic heterocycles. The monoisotopic (exact) mass is 516 g/mol. The van der Waals surface area contributed by atoms with Crippen LogP contribution in [0.25, 0.3) is 22.3 Å². The number of carbonyl (C=O) groups is 1. The lowest BCUT2D eigenvalue weighted by Gasteiger charge is -2.19. The zero-order valence-electron chi connectivity index (χ0n) is 21.2. The Labute approximate surface area is 232 Å². The van der Waals surface area contributed by atoms with Crippen molar-refractivity contribution in [3.05, 3.63) is 177 Å². The number of thiophene rings is 1. The highest BCUT2D eigenvalue weighted by molar-refractivity contribution is 7.10. The molecule has 0 saturated heterocycles. The minimum atomic E-state index is 0.0250. The molecule has 5 aromatic carbocycles. The van der Waals surface area contributed by atoms with Crippen molar-refractivity contribution >= 4 is 17.1 Å². The van der Waals surface area contributed by atoms with Crippen molar-refractivity contribution in [2.45, 2.75) is 11.8 Å². The maximum absolute atomic E-state index is 14.5. The first-order valence-corrected chi connectivity index (χ1v) is 14.3. The summed E-state index contributed by atoms with van der Waals surface area (Å²) in [6, 6.07) is 44.5. The van der Waals surface area contributed by atoms with E-state index in [1.54, 1.807) is 11.3 Å². The molecule has 0 fully saturated rings. The van der Waals surface area contributed by atoms with Crippen LogP contribution in [0, 0.1) is 0 Å². The van der Waals surface area contributed by atoms with Gasteiger partial charge in [0.15, 0.2) is 5.78 Å². The Morgan fingerprint density at radius 1 is 0.462 bits per heavy atom. The molecule has 0 aliphatic heterocycles. The Kier molecular flexibility index (Phi) is 5.04. The van der Waals surface area contributed by atoms with E-state index in [4.69, 9.17) is 0 Å². The molecule has 184 valence electrons. The summed E-state index contributed by atoms with van der Waals surface area (Å²) in [6.45, 7) is 0. The van der Waals surface area contributed by atoms with Crippen molar-refractivity contribution in [2.75, 3.05) is 0 Å². The van der Waals surface area contributed by atoms with Crippen molar-refractivity contribution in [1.82, 2.24) is 0 Å². The molecule has 2 aliphatic rings. The summed E-state index contributed by atoms with van der Waals surface area (Å²) in [5.41, 5.74) is 12.9. The Hall–Kier alpha value is -4.53. The molecule has 0 saturated carbocycles. The average molecular weight is 517 g/mol. The largest absolute Gasteiger partial charge is 0.289 e. The van der Waals surface area contributed by atoms with Crippen LogP contribution in [0.4, 0.5) is 0 Å². The topological polar surface area (TPSA) is 17.1 Å². The molecule has 0 radical (unpaired) electrons. The summed E-state index contributed by atoms with van der Waals surface area (Å²) in [6.07, 6.45) is 0. The quantitative estimate of drug-likeness (QED) is 0.213. The molecule has 0 amide bonds. The van der Waals surface area contributed by atoms with E-state index >= 15 is 0 Å². The van der Waals surface area contributed by atoms with Crippen LogP contribution in [-0.4, -0.2) is 5.78 Å². The highest BCUT2D eigenvalue weighted by Crippen LogP contribution is 2.54. The minimum Gasteiger partial charge on any atom is -0.289 e. The molecular weight excluding hydrogens is 492 g/mol. The summed E-state index contributed by atoms with van der Waals surface area (Å²) in [5.74, 6) is 0.160. The van der Waals surface area contributed by atoms with Crippen molar-refractivity contribution in [1.29, 1.82) is 0 Å². The predicted molar refractivity (Wildman–Crippen MR) is 160 cm³/mol. The first-order valence-electron chi connectivity index (χ1n) is 13.4. The maximum Gasteiger partial charge on any atom is 0.194 e. The van der Waals surface area contributed by atoms with Gasteiger partial charge >= 0.3 is 0 Å². The standard InChI is InChI=1S/C37H24OS/c38-36(23-12-2-1-3-13-23)35-32(33-28-18-8-4-14-24(28)25-15-5-9-19-29(25)33)22-39-37(35)34-30-20-10-6-16-26(30)27-17-7-11-21-31(27)34/h1-22,33-34H. The van der Waals surface area contributed by atoms with E-state index in [9.17, 15) is 4.79 Å². The van der Waals surface area contributed by atoms with Crippen LogP contribution in [0.1, 0.15) is 60.5 Å². The van der Waals surface area contributed by atoms with Gasteiger partial charge in [0.25, 0.3) is 0 Å². The van der Waals surface area contributed by atoms with E-state index in [2.05, 4.69) is 102 Å². The second-order valence-corrected chi connectivity index (χ2v) is 11.3. The minimum absolute atomic E-state index is 0.0250. The first-order chi connectivity index (χ1) is 19.3. The number of carbonyl (C=O) groups excluding carboxylic acids is 1. The molecule has 39 heavy (non-hydrogen) atoms. The van der Waals surface area contributed by atoms with Gasteiger partial charge in [0, 0.05) is 27.8 Å². The van der Waals surface area contributed by atoms with Crippen LogP contribution in [0.5, 0.6) is 0 Å². The molecule has 2 aliphatic carbocycles. The molecule has 2 heteroatoms. The molecular formula is C37H24OS. The molecule has 0 unspecified atom stereocenters. The van der Waals surface area contributed by atoms with Gasteiger partial charge < -0.3 is 0 Å². The molecule has 0 spiro atoms. The molecule has 6 aromatic rings. The average Bonchev–Trinajstić information content (AvgIpc) is 3.67. The van der Waals surface area contributed by atoms with Gasteiger partial charge in [-0.05, 0) is 55.5 Å². The third-order valence-electron chi connectivity index (χ3n) is 8.35. The van der Waals surface area contributed by atoms with Gasteiger partial charge in [-0.3, -0.25) is 4.79 Å². The fraction of sp³-hybridized carbons (Fsp3) is 0.0541. The fourth-order valence-corrected chi connectivity index (χ4v) is 7.94. The number of benzene rings is 5. The van der Waals surface area contributed by atoms with E-state index in [0.29, 0.717) is 0 Å². The Balaban J connectivity index is 1.41. The summed E-state index contributed by atoms with van der Waals surface area (Å²) in [4.78, 5) is 15.7. The zero-order valence-corrected chi connectivity index (χ0v) is 22.0. The molecule has 0 N–H and O–H groups in total. The van der Waals surface area contributed by atoms with Crippen LogP contribution in [-0.2, 0) is 0 Å². The van der Waals surface area contributed by atoms with Crippen molar-refractivity contribution in [3.8, 4) is 22.3 Å². The number of hydrogen-bond acceptors (Lipinski definition) is 2. The fourth-order valence-electron chi connectivity index (χ4n) is 6.72. The van der Waals surface area contributed by atoms with Gasteiger partial charge in [0.05, 0.1) is 0 Å². The van der Waals surface area contributed by atoms with Crippen LogP contribution >= 0.6 is 11.3 Å². The Morgan fingerprint density at radius 2 is 0.872 bits per heavy atom. The van der Waals surface area contributed by atoms with Crippen molar-refractivity contribution in [3.63, 3.8) is 0 Å². The molecule has 1 heterocycles. The number of hydrogen-bond donors (Lipinski definition) is 0. The van der Waals surface area contributed by atoms with Gasteiger partial charge in [0.2, 0.25) is 0 Å². The third-order valence-corrected chi connectivity index (χ3v) is 9.42. The summed E-state index contributed by atoms with van der Waals surface area (Å²) in [5, 5.41) is 2.26. The van der Waals surface area contributed by atoms with E-state index in [0.717, 1.165) is 21.6 Å². The van der Waals surface area contributed by atoms with Gasteiger partial charge in [-0.25, -0.2) is 0 Å². The number of ketones is 1. The van der Waals surface area contributed by atoms with Crippen molar-refractivity contribution in [2.24, 2.45) is 0 Å². The lowest BCUT2D eigenvalue weighted by Crippen LogP contribution is -2.12. The SMILES string of the molecule is O=C(c1ccccc1)c1c(C2c3ccccc3-c3ccccc32)csc1C1c2ccccc2-c2ccccc21. The predicted octanol–water partition coefficient (Wildman–Crippen LogP) is 9.30. The summed E-state index contributed by atoms with van der Waals surface area (Å²) >= 11 is 1.74. The van der Waals surface area contributed by atoms with Crippen LogP contribution in [0.15, 0.2) is 133 Å². The molecule has 8 rings (SSSR count).